The fraction of sp³-hybridized carbons (Fsp3) is 0.667. The lowest BCUT2D eigenvalue weighted by molar-refractivity contribution is -0.0801. The standard InChI is InChI=1S/C16H22F4O2.C2H6/c1-11(2)15(17,18)9-21-13-6-5-7-14(8-13)22-10-16(19,20)12(3)4;1-2/h5-8,11-12H,9-10H2,1-4H3;1-2H3. The molecule has 0 atom stereocenters. The number of rotatable bonds is 8. The molecule has 0 fully saturated rings. The molecule has 0 saturated heterocycles. The molecule has 0 N–H and O–H groups in total. The minimum Gasteiger partial charge on any atom is -0.487 e. The van der Waals surface area contributed by atoms with Gasteiger partial charge in [-0.05, 0) is 12.1 Å². The first-order chi connectivity index (χ1) is 11.0. The molecule has 0 aliphatic carbocycles. The first-order valence-electron chi connectivity index (χ1n) is 8.16. The van der Waals surface area contributed by atoms with Gasteiger partial charge in [-0.15, -0.1) is 0 Å². The maximum atomic E-state index is 13.5. The summed E-state index contributed by atoms with van der Waals surface area (Å²) >= 11 is 0. The molecule has 1 rings (SSSR count). The van der Waals surface area contributed by atoms with E-state index in [-0.39, 0.29) is 11.5 Å². The van der Waals surface area contributed by atoms with Crippen LogP contribution >= 0.6 is 0 Å². The molecular formula is C18H28F4O2. The molecule has 0 heterocycles. The van der Waals surface area contributed by atoms with Crippen molar-refractivity contribution in [3.63, 3.8) is 0 Å². The molecule has 2 nitrogen and oxygen atoms in total. The van der Waals surface area contributed by atoms with Crippen molar-refractivity contribution < 1.29 is 27.0 Å². The molecule has 0 radical (unpaired) electrons. The van der Waals surface area contributed by atoms with Crippen molar-refractivity contribution in [3.05, 3.63) is 24.3 Å². The Morgan fingerprint density at radius 2 is 1.12 bits per heavy atom. The van der Waals surface area contributed by atoms with Crippen LogP contribution in [0.25, 0.3) is 0 Å². The Kier molecular flexibility index (Phi) is 9.15. The normalized spacial score (nSPS) is 12.0. The van der Waals surface area contributed by atoms with Crippen LogP contribution in [-0.2, 0) is 0 Å². The van der Waals surface area contributed by atoms with Gasteiger partial charge in [-0.25, -0.2) is 17.6 Å². The van der Waals surface area contributed by atoms with E-state index in [4.69, 9.17) is 9.47 Å². The summed E-state index contributed by atoms with van der Waals surface area (Å²) in [5, 5.41) is 0. The van der Waals surface area contributed by atoms with Crippen LogP contribution in [-0.4, -0.2) is 25.1 Å². The monoisotopic (exact) mass is 352 g/mol. The lowest BCUT2D eigenvalue weighted by Gasteiger charge is -2.22. The summed E-state index contributed by atoms with van der Waals surface area (Å²) in [6.07, 6.45) is 0. The molecule has 24 heavy (non-hydrogen) atoms. The first-order valence-corrected chi connectivity index (χ1v) is 8.16. The van der Waals surface area contributed by atoms with Gasteiger partial charge in [0, 0.05) is 17.9 Å². The molecule has 0 aromatic heterocycles. The van der Waals surface area contributed by atoms with Gasteiger partial charge in [0.25, 0.3) is 11.8 Å². The van der Waals surface area contributed by atoms with E-state index >= 15 is 0 Å². The molecule has 1 aromatic rings. The molecule has 0 saturated carbocycles. The minimum absolute atomic E-state index is 0.158. The summed E-state index contributed by atoms with van der Waals surface area (Å²) in [5.41, 5.74) is 0. The van der Waals surface area contributed by atoms with Crippen LogP contribution in [0.2, 0.25) is 0 Å². The average Bonchev–Trinajstić information content (AvgIpc) is 2.53. The van der Waals surface area contributed by atoms with Crippen LogP contribution in [0, 0.1) is 11.8 Å². The topological polar surface area (TPSA) is 18.5 Å². The molecule has 1 aromatic carbocycles. The second kappa shape index (κ2) is 9.74. The lowest BCUT2D eigenvalue weighted by Crippen LogP contribution is -2.32. The van der Waals surface area contributed by atoms with E-state index < -0.39 is 36.9 Å². The van der Waals surface area contributed by atoms with Gasteiger partial charge in [0.15, 0.2) is 13.2 Å². The second-order valence-corrected chi connectivity index (χ2v) is 5.88. The predicted molar refractivity (Wildman–Crippen MR) is 88.4 cm³/mol. The minimum atomic E-state index is -2.96. The number of hydrogen-bond donors (Lipinski definition) is 0. The Bertz CT molecular complexity index is 435. The number of halogens is 4. The quantitative estimate of drug-likeness (QED) is 0.530. The number of ether oxygens (including phenoxy) is 2. The fourth-order valence-corrected chi connectivity index (χ4v) is 1.35. The first kappa shape index (κ1) is 22.5. The molecule has 140 valence electrons. The average molecular weight is 352 g/mol. The van der Waals surface area contributed by atoms with Crippen LogP contribution in [0.4, 0.5) is 17.6 Å². The van der Waals surface area contributed by atoms with Crippen LogP contribution in [0.1, 0.15) is 41.5 Å². The van der Waals surface area contributed by atoms with E-state index in [0.717, 1.165) is 0 Å². The SMILES string of the molecule is CC.CC(C)C(F)(F)COc1cccc(OCC(F)(F)C(C)C)c1. The summed E-state index contributed by atoms with van der Waals surface area (Å²) in [6.45, 7) is 8.06. The Hall–Kier alpha value is -1.46. The Balaban J connectivity index is 0.00000254. The third-order valence-corrected chi connectivity index (χ3v) is 3.36. The molecule has 0 spiro atoms. The van der Waals surface area contributed by atoms with E-state index in [2.05, 4.69) is 0 Å². The van der Waals surface area contributed by atoms with Crippen LogP contribution < -0.4 is 9.47 Å². The molecule has 0 bridgehead atoms. The van der Waals surface area contributed by atoms with Gasteiger partial charge in [-0.1, -0.05) is 47.6 Å². The highest BCUT2D eigenvalue weighted by atomic mass is 19.3. The van der Waals surface area contributed by atoms with Gasteiger partial charge in [0.1, 0.15) is 11.5 Å². The van der Waals surface area contributed by atoms with E-state index in [0.29, 0.717) is 0 Å². The molecule has 0 aliphatic heterocycles. The highest BCUT2D eigenvalue weighted by Gasteiger charge is 2.35. The van der Waals surface area contributed by atoms with Crippen molar-refractivity contribution in [3.8, 4) is 11.5 Å². The van der Waals surface area contributed by atoms with Crippen LogP contribution in [0.3, 0.4) is 0 Å². The zero-order valence-corrected chi connectivity index (χ0v) is 15.2. The summed E-state index contributed by atoms with van der Waals surface area (Å²) in [7, 11) is 0. The zero-order chi connectivity index (χ0) is 19.0. The smallest absolute Gasteiger partial charge is 0.283 e. The number of benzene rings is 1. The largest absolute Gasteiger partial charge is 0.487 e. The second-order valence-electron chi connectivity index (χ2n) is 5.88. The summed E-state index contributed by atoms with van der Waals surface area (Å²) in [4.78, 5) is 0. The Morgan fingerprint density at radius 3 is 1.42 bits per heavy atom. The van der Waals surface area contributed by atoms with Crippen LogP contribution in [0.5, 0.6) is 11.5 Å². The highest BCUT2D eigenvalue weighted by molar-refractivity contribution is 5.33. The van der Waals surface area contributed by atoms with Gasteiger partial charge in [-0.3, -0.25) is 0 Å². The maximum Gasteiger partial charge on any atom is 0.283 e. The molecular weight excluding hydrogens is 324 g/mol. The van der Waals surface area contributed by atoms with Crippen molar-refractivity contribution in [1.29, 1.82) is 0 Å². The van der Waals surface area contributed by atoms with E-state index in [9.17, 15) is 17.6 Å². The number of alkyl halides is 4. The van der Waals surface area contributed by atoms with Crippen molar-refractivity contribution in [1.82, 2.24) is 0 Å². The van der Waals surface area contributed by atoms with E-state index in [1.807, 2.05) is 13.8 Å². The van der Waals surface area contributed by atoms with Gasteiger partial charge in [-0.2, -0.15) is 0 Å². The third kappa shape index (κ3) is 7.41. The molecule has 0 amide bonds. The van der Waals surface area contributed by atoms with Crippen LogP contribution in [0.15, 0.2) is 24.3 Å². The lowest BCUT2D eigenvalue weighted by atomic mass is 10.1. The summed E-state index contributed by atoms with van der Waals surface area (Å²) < 4.78 is 64.0. The Labute approximate surface area is 142 Å². The predicted octanol–water partition coefficient (Wildman–Crippen LogP) is 6.05. The highest BCUT2D eigenvalue weighted by Crippen LogP contribution is 2.28. The number of hydrogen-bond acceptors (Lipinski definition) is 2. The van der Waals surface area contributed by atoms with Crippen molar-refractivity contribution in [2.45, 2.75) is 53.4 Å². The van der Waals surface area contributed by atoms with Crippen molar-refractivity contribution >= 4 is 0 Å². The van der Waals surface area contributed by atoms with Crippen molar-refractivity contribution in [2.75, 3.05) is 13.2 Å². The third-order valence-electron chi connectivity index (χ3n) is 3.36. The van der Waals surface area contributed by atoms with Gasteiger partial charge in [0.05, 0.1) is 0 Å². The summed E-state index contributed by atoms with van der Waals surface area (Å²) in [5.74, 6) is -7.30. The maximum absolute atomic E-state index is 13.5. The molecule has 0 aliphatic rings. The van der Waals surface area contributed by atoms with E-state index in [1.54, 1.807) is 0 Å². The molecule has 6 heteroatoms. The van der Waals surface area contributed by atoms with Gasteiger partial charge in [0.2, 0.25) is 0 Å². The van der Waals surface area contributed by atoms with Crippen molar-refractivity contribution in [2.24, 2.45) is 11.8 Å². The molecule has 0 unspecified atom stereocenters. The summed E-state index contributed by atoms with van der Waals surface area (Å²) in [6, 6.07) is 5.78. The fourth-order valence-electron chi connectivity index (χ4n) is 1.35. The van der Waals surface area contributed by atoms with E-state index in [1.165, 1.54) is 52.0 Å². The zero-order valence-electron chi connectivity index (χ0n) is 15.2. The Morgan fingerprint density at radius 1 is 0.792 bits per heavy atom. The van der Waals surface area contributed by atoms with Gasteiger partial charge >= 0.3 is 0 Å². The van der Waals surface area contributed by atoms with Gasteiger partial charge < -0.3 is 9.47 Å².